The summed E-state index contributed by atoms with van der Waals surface area (Å²) in [5.74, 6) is 0.167. The SMILES string of the molecule is C=C(O)c1c(C(C)(C)C)cccc1C(C)(C)C. The van der Waals surface area contributed by atoms with Crippen LogP contribution in [0.5, 0.6) is 0 Å². The smallest absolute Gasteiger partial charge is 0.116 e. The van der Waals surface area contributed by atoms with Gasteiger partial charge in [-0.1, -0.05) is 66.3 Å². The van der Waals surface area contributed by atoms with Crippen molar-refractivity contribution in [3.05, 3.63) is 41.5 Å². The van der Waals surface area contributed by atoms with Crippen molar-refractivity contribution in [3.8, 4) is 0 Å². The van der Waals surface area contributed by atoms with E-state index in [0.717, 1.165) is 16.7 Å². The second kappa shape index (κ2) is 4.21. The lowest BCUT2D eigenvalue weighted by atomic mass is 9.76. The van der Waals surface area contributed by atoms with Gasteiger partial charge in [0.15, 0.2) is 0 Å². The average molecular weight is 232 g/mol. The summed E-state index contributed by atoms with van der Waals surface area (Å²) in [4.78, 5) is 0. The van der Waals surface area contributed by atoms with Gasteiger partial charge < -0.3 is 5.11 Å². The summed E-state index contributed by atoms with van der Waals surface area (Å²) in [5.41, 5.74) is 3.22. The quantitative estimate of drug-likeness (QED) is 0.689. The molecule has 0 spiro atoms. The number of aliphatic hydroxyl groups is 1. The molecule has 0 amide bonds. The fourth-order valence-electron chi connectivity index (χ4n) is 2.11. The molecule has 0 aliphatic carbocycles. The van der Waals surface area contributed by atoms with E-state index in [2.05, 4.69) is 66.3 Å². The molecule has 0 fully saturated rings. The number of rotatable bonds is 1. The maximum absolute atomic E-state index is 9.92. The van der Waals surface area contributed by atoms with Crippen LogP contribution in [-0.2, 0) is 10.8 Å². The molecule has 0 saturated carbocycles. The van der Waals surface area contributed by atoms with Crippen molar-refractivity contribution in [1.82, 2.24) is 0 Å². The average Bonchev–Trinajstić information content (AvgIpc) is 2.13. The van der Waals surface area contributed by atoms with Gasteiger partial charge >= 0.3 is 0 Å². The minimum Gasteiger partial charge on any atom is -0.508 e. The van der Waals surface area contributed by atoms with E-state index in [0.29, 0.717) is 0 Å². The van der Waals surface area contributed by atoms with Crippen molar-refractivity contribution in [2.24, 2.45) is 0 Å². The van der Waals surface area contributed by atoms with E-state index in [4.69, 9.17) is 0 Å². The predicted octanol–water partition coefficient (Wildman–Crippen LogP) is 4.81. The van der Waals surface area contributed by atoms with E-state index in [-0.39, 0.29) is 16.6 Å². The zero-order chi connectivity index (χ0) is 13.4. The number of hydrogen-bond acceptors (Lipinski definition) is 1. The van der Waals surface area contributed by atoms with Gasteiger partial charge in [-0.25, -0.2) is 0 Å². The van der Waals surface area contributed by atoms with Gasteiger partial charge in [0.05, 0.1) is 0 Å². The van der Waals surface area contributed by atoms with Crippen LogP contribution in [-0.4, -0.2) is 5.11 Å². The molecule has 1 nitrogen and oxygen atoms in total. The Hall–Kier alpha value is -1.24. The van der Waals surface area contributed by atoms with E-state index >= 15 is 0 Å². The minimum absolute atomic E-state index is 0.00225. The van der Waals surface area contributed by atoms with E-state index < -0.39 is 0 Å². The minimum atomic E-state index is 0.00225. The first-order chi connectivity index (χ1) is 7.55. The Morgan fingerprint density at radius 3 is 1.53 bits per heavy atom. The monoisotopic (exact) mass is 232 g/mol. The van der Waals surface area contributed by atoms with Gasteiger partial charge in [-0.15, -0.1) is 0 Å². The van der Waals surface area contributed by atoms with Gasteiger partial charge in [0.2, 0.25) is 0 Å². The highest BCUT2D eigenvalue weighted by Crippen LogP contribution is 2.36. The van der Waals surface area contributed by atoms with Crippen molar-refractivity contribution < 1.29 is 5.11 Å². The molecule has 0 bridgehead atoms. The molecule has 1 N–H and O–H groups in total. The molecule has 0 heterocycles. The summed E-state index contributed by atoms with van der Waals surface area (Å²) < 4.78 is 0. The highest BCUT2D eigenvalue weighted by Gasteiger charge is 2.26. The van der Waals surface area contributed by atoms with Crippen molar-refractivity contribution in [1.29, 1.82) is 0 Å². The lowest BCUT2D eigenvalue weighted by Gasteiger charge is -2.29. The summed E-state index contributed by atoms with van der Waals surface area (Å²) in [6, 6.07) is 6.21. The first-order valence-corrected chi connectivity index (χ1v) is 6.07. The van der Waals surface area contributed by atoms with Crippen LogP contribution in [0.15, 0.2) is 24.8 Å². The third-order valence-corrected chi connectivity index (χ3v) is 2.97. The Morgan fingerprint density at radius 2 is 1.29 bits per heavy atom. The van der Waals surface area contributed by atoms with Crippen LogP contribution in [0.4, 0.5) is 0 Å². The Balaban J connectivity index is 3.61. The van der Waals surface area contributed by atoms with Crippen LogP contribution in [0.25, 0.3) is 5.76 Å². The Labute approximate surface area is 105 Å². The third kappa shape index (κ3) is 2.91. The summed E-state index contributed by atoms with van der Waals surface area (Å²) in [6.07, 6.45) is 0. The maximum atomic E-state index is 9.92. The van der Waals surface area contributed by atoms with Crippen molar-refractivity contribution in [2.45, 2.75) is 52.4 Å². The second-order valence-electron chi connectivity index (χ2n) is 6.67. The number of aliphatic hydroxyl groups excluding tert-OH is 1. The van der Waals surface area contributed by atoms with E-state index in [1.165, 1.54) is 0 Å². The fourth-order valence-corrected chi connectivity index (χ4v) is 2.11. The molecule has 0 saturated heterocycles. The van der Waals surface area contributed by atoms with Gasteiger partial charge in [-0.2, -0.15) is 0 Å². The van der Waals surface area contributed by atoms with Gasteiger partial charge in [0.1, 0.15) is 5.76 Å². The van der Waals surface area contributed by atoms with Gasteiger partial charge in [0.25, 0.3) is 0 Å². The molecule has 1 aromatic carbocycles. The largest absolute Gasteiger partial charge is 0.508 e. The van der Waals surface area contributed by atoms with Crippen molar-refractivity contribution in [3.63, 3.8) is 0 Å². The Morgan fingerprint density at radius 1 is 0.941 bits per heavy atom. The summed E-state index contributed by atoms with van der Waals surface area (Å²) in [5, 5.41) is 9.92. The zero-order valence-corrected chi connectivity index (χ0v) is 11.9. The standard InChI is InChI=1S/C16H24O/c1-11(17)14-12(15(2,3)4)9-8-10-13(14)16(5,6)7/h8-10,17H,1H2,2-7H3. The molecule has 0 atom stereocenters. The number of benzene rings is 1. The molecule has 1 heteroatoms. The lowest BCUT2D eigenvalue weighted by molar-refractivity contribution is 0.497. The van der Waals surface area contributed by atoms with E-state index in [9.17, 15) is 5.11 Å². The van der Waals surface area contributed by atoms with Crippen molar-refractivity contribution >= 4 is 5.76 Å². The molecule has 0 unspecified atom stereocenters. The van der Waals surface area contributed by atoms with Gasteiger partial charge in [-0.05, 0) is 22.0 Å². The molecular weight excluding hydrogens is 208 g/mol. The third-order valence-electron chi connectivity index (χ3n) is 2.97. The molecule has 0 aliphatic rings. The summed E-state index contributed by atoms with van der Waals surface area (Å²) in [6.45, 7) is 16.7. The van der Waals surface area contributed by atoms with Crippen LogP contribution in [0.1, 0.15) is 58.2 Å². The Bertz CT molecular complexity index is 396. The van der Waals surface area contributed by atoms with Gasteiger partial charge in [0, 0.05) is 5.56 Å². The van der Waals surface area contributed by atoms with E-state index in [1.807, 2.05) is 0 Å². The van der Waals surface area contributed by atoms with Crippen LogP contribution in [0.2, 0.25) is 0 Å². The normalized spacial score (nSPS) is 12.6. The molecule has 1 aromatic rings. The Kier molecular flexibility index (Phi) is 3.42. The van der Waals surface area contributed by atoms with Crippen molar-refractivity contribution in [2.75, 3.05) is 0 Å². The van der Waals surface area contributed by atoms with E-state index in [1.54, 1.807) is 0 Å². The molecule has 94 valence electrons. The van der Waals surface area contributed by atoms with Gasteiger partial charge in [-0.3, -0.25) is 0 Å². The molecule has 1 rings (SSSR count). The summed E-state index contributed by atoms with van der Waals surface area (Å²) in [7, 11) is 0. The van der Waals surface area contributed by atoms with Crippen LogP contribution in [0.3, 0.4) is 0 Å². The number of hydrogen-bond donors (Lipinski definition) is 1. The van der Waals surface area contributed by atoms with Crippen LogP contribution in [0, 0.1) is 0 Å². The first kappa shape index (κ1) is 13.8. The highest BCUT2D eigenvalue weighted by molar-refractivity contribution is 5.66. The van der Waals surface area contributed by atoms with Crippen LogP contribution >= 0.6 is 0 Å². The molecular formula is C16H24O. The zero-order valence-electron chi connectivity index (χ0n) is 11.9. The second-order valence-corrected chi connectivity index (χ2v) is 6.67. The predicted molar refractivity (Wildman–Crippen MR) is 75.5 cm³/mol. The highest BCUT2D eigenvalue weighted by atomic mass is 16.3. The maximum Gasteiger partial charge on any atom is 0.116 e. The molecule has 0 aliphatic heterocycles. The molecule has 0 radical (unpaired) electrons. The lowest BCUT2D eigenvalue weighted by Crippen LogP contribution is -2.20. The topological polar surface area (TPSA) is 20.2 Å². The fraction of sp³-hybridized carbons (Fsp3) is 0.500. The van der Waals surface area contributed by atoms with Crippen LogP contribution < -0.4 is 0 Å². The molecule has 0 aromatic heterocycles. The first-order valence-electron chi connectivity index (χ1n) is 6.07. The molecule has 17 heavy (non-hydrogen) atoms. The summed E-state index contributed by atoms with van der Waals surface area (Å²) >= 11 is 0.